The second-order valence-electron chi connectivity index (χ2n) is 11.2. The van der Waals surface area contributed by atoms with Gasteiger partial charge in [-0.05, 0) is 76.0 Å². The predicted octanol–water partition coefficient (Wildman–Crippen LogP) is 3.98. The summed E-state index contributed by atoms with van der Waals surface area (Å²) < 4.78 is 12.5. The van der Waals surface area contributed by atoms with Crippen LogP contribution in [0.5, 0.6) is 0 Å². The lowest BCUT2D eigenvalue weighted by atomic mass is 9.44. The molecule has 1 unspecified atom stereocenters. The fraction of sp³-hybridized carbons (Fsp3) is 1.00. The van der Waals surface area contributed by atoms with Crippen molar-refractivity contribution < 1.29 is 19.7 Å². The van der Waals surface area contributed by atoms with Crippen LogP contribution in [-0.2, 0) is 9.47 Å². The molecular weight excluding hydrogens is 340 g/mol. The number of ether oxygens (including phenoxy) is 2. The Kier molecular flexibility index (Phi) is 4.78. The summed E-state index contributed by atoms with van der Waals surface area (Å²) in [6.07, 6.45) is 4.90. The van der Waals surface area contributed by atoms with Gasteiger partial charge in [0, 0.05) is 11.8 Å². The van der Waals surface area contributed by atoms with Gasteiger partial charge in [0.2, 0.25) is 0 Å². The summed E-state index contributed by atoms with van der Waals surface area (Å²) in [7, 11) is 0. The van der Waals surface area contributed by atoms with E-state index in [2.05, 4.69) is 20.8 Å². The Morgan fingerprint density at radius 1 is 1.04 bits per heavy atom. The van der Waals surface area contributed by atoms with Gasteiger partial charge in [0.1, 0.15) is 5.60 Å². The lowest BCUT2D eigenvalue weighted by Gasteiger charge is -2.67. The fourth-order valence-electron chi connectivity index (χ4n) is 7.40. The van der Waals surface area contributed by atoms with Crippen LogP contribution in [0.1, 0.15) is 73.6 Å². The third-order valence-corrected chi connectivity index (χ3v) is 8.86. The van der Waals surface area contributed by atoms with Gasteiger partial charge in [-0.3, -0.25) is 0 Å². The van der Waals surface area contributed by atoms with Crippen molar-refractivity contribution >= 4 is 0 Å². The molecule has 3 saturated carbocycles. The van der Waals surface area contributed by atoms with E-state index in [1.807, 2.05) is 20.8 Å². The molecule has 0 spiro atoms. The third kappa shape index (κ3) is 2.93. The van der Waals surface area contributed by atoms with Crippen molar-refractivity contribution in [3.05, 3.63) is 0 Å². The van der Waals surface area contributed by atoms with Gasteiger partial charge < -0.3 is 19.7 Å². The Balaban J connectivity index is 1.85. The molecule has 0 aromatic heterocycles. The summed E-state index contributed by atoms with van der Waals surface area (Å²) in [4.78, 5) is 0. The first-order valence-electron chi connectivity index (χ1n) is 11.2. The zero-order valence-corrected chi connectivity index (χ0v) is 18.1. The van der Waals surface area contributed by atoms with E-state index in [4.69, 9.17) is 9.47 Å². The van der Waals surface area contributed by atoms with E-state index >= 15 is 0 Å². The molecule has 3 aliphatic carbocycles. The van der Waals surface area contributed by atoms with Gasteiger partial charge in [0.15, 0.2) is 5.79 Å². The van der Waals surface area contributed by atoms with Crippen molar-refractivity contribution in [2.75, 3.05) is 6.61 Å². The minimum Gasteiger partial charge on any atom is -0.387 e. The van der Waals surface area contributed by atoms with Crippen LogP contribution in [0.4, 0.5) is 0 Å². The average molecular weight is 381 g/mol. The second kappa shape index (κ2) is 6.42. The minimum absolute atomic E-state index is 0.00951. The molecule has 0 aromatic rings. The molecule has 4 aliphatic rings. The number of hydrogen-bond acceptors (Lipinski definition) is 4. The SMILES string of the molecule is CC(C)[C@H]1CC[C@@H](C)[C@@H]2CC[C@@](C)(O)[C@@]3(O)C2[C@@H]2OC(C)(C)OC[C@@H]2C[C@@H]13. The Bertz CT molecular complexity index is 571. The molecule has 9 atom stereocenters. The van der Waals surface area contributed by atoms with Crippen LogP contribution in [0, 0.1) is 41.4 Å². The van der Waals surface area contributed by atoms with Gasteiger partial charge in [-0.15, -0.1) is 0 Å². The monoisotopic (exact) mass is 380 g/mol. The molecule has 4 rings (SSSR count). The van der Waals surface area contributed by atoms with Crippen molar-refractivity contribution in [1.82, 2.24) is 0 Å². The molecule has 156 valence electrons. The van der Waals surface area contributed by atoms with Gasteiger partial charge in [-0.1, -0.05) is 27.2 Å². The van der Waals surface area contributed by atoms with Crippen LogP contribution in [-0.4, -0.2) is 39.9 Å². The molecule has 4 heteroatoms. The van der Waals surface area contributed by atoms with Crippen LogP contribution in [0.25, 0.3) is 0 Å². The summed E-state index contributed by atoms with van der Waals surface area (Å²) in [6.45, 7) is 13.5. The maximum Gasteiger partial charge on any atom is 0.163 e. The van der Waals surface area contributed by atoms with E-state index in [9.17, 15) is 10.2 Å². The Labute approximate surface area is 165 Å². The second-order valence-corrected chi connectivity index (χ2v) is 11.2. The Hall–Kier alpha value is -0.160. The predicted molar refractivity (Wildman–Crippen MR) is 105 cm³/mol. The van der Waals surface area contributed by atoms with Crippen molar-refractivity contribution in [1.29, 1.82) is 0 Å². The first kappa shape index (κ1) is 20.1. The highest BCUT2D eigenvalue weighted by Crippen LogP contribution is 2.63. The van der Waals surface area contributed by atoms with Gasteiger partial charge in [-0.2, -0.15) is 0 Å². The molecule has 4 bridgehead atoms. The molecule has 27 heavy (non-hydrogen) atoms. The highest BCUT2D eigenvalue weighted by Gasteiger charge is 2.69. The molecule has 4 fully saturated rings. The van der Waals surface area contributed by atoms with E-state index in [0.29, 0.717) is 42.6 Å². The van der Waals surface area contributed by atoms with Crippen LogP contribution >= 0.6 is 0 Å². The largest absolute Gasteiger partial charge is 0.387 e. The summed E-state index contributed by atoms with van der Waals surface area (Å²) >= 11 is 0. The van der Waals surface area contributed by atoms with Crippen LogP contribution in [0.15, 0.2) is 0 Å². The minimum atomic E-state index is -1.08. The summed E-state index contributed by atoms with van der Waals surface area (Å²) in [5.41, 5.74) is -2.13. The van der Waals surface area contributed by atoms with Gasteiger partial charge in [0.05, 0.1) is 18.3 Å². The van der Waals surface area contributed by atoms with E-state index in [-0.39, 0.29) is 17.9 Å². The topological polar surface area (TPSA) is 58.9 Å². The van der Waals surface area contributed by atoms with E-state index in [1.165, 1.54) is 6.42 Å². The molecule has 2 N–H and O–H groups in total. The van der Waals surface area contributed by atoms with Crippen molar-refractivity contribution in [3.63, 3.8) is 0 Å². The van der Waals surface area contributed by atoms with Crippen LogP contribution in [0.2, 0.25) is 0 Å². The van der Waals surface area contributed by atoms with E-state index in [0.717, 1.165) is 19.3 Å². The highest BCUT2D eigenvalue weighted by molar-refractivity contribution is 5.18. The normalized spacial score (nSPS) is 54.8. The summed E-state index contributed by atoms with van der Waals surface area (Å²) in [5.74, 6) is 1.69. The molecule has 1 aliphatic heterocycles. The lowest BCUT2D eigenvalue weighted by molar-refractivity contribution is -0.367. The molecule has 1 heterocycles. The quantitative estimate of drug-likeness (QED) is 0.722. The smallest absolute Gasteiger partial charge is 0.163 e. The zero-order chi connectivity index (χ0) is 19.8. The van der Waals surface area contributed by atoms with Gasteiger partial charge >= 0.3 is 0 Å². The summed E-state index contributed by atoms with van der Waals surface area (Å²) in [6, 6.07) is 0. The average Bonchev–Trinajstić information content (AvgIpc) is 2.55. The molecular formula is C23H40O4. The van der Waals surface area contributed by atoms with Crippen molar-refractivity contribution in [2.45, 2.75) is 96.7 Å². The molecule has 1 saturated heterocycles. The number of rotatable bonds is 1. The Morgan fingerprint density at radius 2 is 1.74 bits per heavy atom. The van der Waals surface area contributed by atoms with Crippen LogP contribution < -0.4 is 0 Å². The standard InChI is InChI=1S/C23H40O4/c1-13(2)16-8-7-14(3)17-9-10-22(6,24)23(25)18(16)11-15-12-26-21(4,5)27-20(15)19(17)23/h13-20,24-25H,7-12H2,1-6H3/t14-,15+,16-,17+,18+,19?,20-,22-,23+/m1/s1. The van der Waals surface area contributed by atoms with E-state index in [1.54, 1.807) is 0 Å². The highest BCUT2D eigenvalue weighted by atomic mass is 16.7. The molecule has 0 radical (unpaired) electrons. The number of aliphatic hydroxyl groups is 2. The van der Waals surface area contributed by atoms with Crippen LogP contribution in [0.3, 0.4) is 0 Å². The maximum absolute atomic E-state index is 12.4. The third-order valence-electron chi connectivity index (χ3n) is 8.86. The number of fused-ring (bicyclic) bond motifs is 1. The first-order valence-corrected chi connectivity index (χ1v) is 11.2. The maximum atomic E-state index is 12.4. The zero-order valence-electron chi connectivity index (χ0n) is 18.1. The molecule has 0 amide bonds. The van der Waals surface area contributed by atoms with Crippen molar-refractivity contribution in [2.24, 2.45) is 41.4 Å². The van der Waals surface area contributed by atoms with Gasteiger partial charge in [-0.25, -0.2) is 0 Å². The summed E-state index contributed by atoms with van der Waals surface area (Å²) in [5, 5.41) is 23.9. The first-order chi connectivity index (χ1) is 12.5. The van der Waals surface area contributed by atoms with Gasteiger partial charge in [0.25, 0.3) is 0 Å². The number of hydrogen-bond donors (Lipinski definition) is 2. The Morgan fingerprint density at radius 3 is 2.41 bits per heavy atom. The lowest BCUT2D eigenvalue weighted by Crippen LogP contribution is -2.75. The fourth-order valence-corrected chi connectivity index (χ4v) is 7.40. The molecule has 4 nitrogen and oxygen atoms in total. The van der Waals surface area contributed by atoms with E-state index < -0.39 is 17.0 Å². The van der Waals surface area contributed by atoms with Crippen molar-refractivity contribution in [3.8, 4) is 0 Å². The molecule has 0 aromatic carbocycles.